The van der Waals surface area contributed by atoms with Crippen LogP contribution in [0.2, 0.25) is 0 Å². The van der Waals surface area contributed by atoms with Crippen LogP contribution in [0.15, 0.2) is 110 Å². The Balaban J connectivity index is 0.000000188. The molecular formula is C55H50F8N8O6. The molecule has 0 aliphatic heterocycles. The smallest absolute Gasteiger partial charge is 0.390 e. The molecule has 0 saturated heterocycles. The van der Waals surface area contributed by atoms with Crippen molar-refractivity contribution in [3.05, 3.63) is 144 Å². The summed E-state index contributed by atoms with van der Waals surface area (Å²) in [6.45, 7) is 2.87. The van der Waals surface area contributed by atoms with E-state index in [0.29, 0.717) is 56.0 Å². The molecular weight excluding hydrogens is 1020 g/mol. The minimum atomic E-state index is -4.35. The molecule has 10 rings (SSSR count). The molecule has 2 aliphatic rings. The van der Waals surface area contributed by atoms with Crippen LogP contribution in [0, 0.1) is 25.5 Å². The lowest BCUT2D eigenvalue weighted by Gasteiger charge is -2.14. The molecule has 2 aromatic heterocycles. The number of alkyl halides is 6. The van der Waals surface area contributed by atoms with Gasteiger partial charge in [-0.25, -0.2) is 18.7 Å². The summed E-state index contributed by atoms with van der Waals surface area (Å²) in [5.41, 5.74) is 6.34. The predicted octanol–water partition coefficient (Wildman–Crippen LogP) is 12.8. The van der Waals surface area contributed by atoms with Crippen LogP contribution in [0.3, 0.4) is 0 Å². The van der Waals surface area contributed by atoms with E-state index in [1.807, 2.05) is 26.0 Å². The highest BCUT2D eigenvalue weighted by atomic mass is 19.4. The maximum Gasteiger partial charge on any atom is 0.390 e. The molecule has 2 heterocycles. The lowest BCUT2D eigenvalue weighted by Crippen LogP contribution is -2.26. The van der Waals surface area contributed by atoms with Crippen molar-refractivity contribution >= 4 is 45.3 Å². The van der Waals surface area contributed by atoms with Gasteiger partial charge in [0.1, 0.15) is 46.7 Å². The summed E-state index contributed by atoms with van der Waals surface area (Å²) in [4.78, 5) is 33.9. The summed E-state index contributed by atoms with van der Waals surface area (Å²) in [5.74, 6) is -1.61. The molecule has 0 atom stereocenters. The van der Waals surface area contributed by atoms with Crippen LogP contribution >= 0.6 is 0 Å². The number of phenolic OH excluding ortho intramolecular Hbond substituents is 1. The Bertz CT molecular complexity index is 3500. The summed E-state index contributed by atoms with van der Waals surface area (Å²) in [6.07, 6.45) is -3.82. The normalized spacial score (nSPS) is 13.4. The van der Waals surface area contributed by atoms with Crippen molar-refractivity contribution in [2.24, 2.45) is 0 Å². The second kappa shape index (κ2) is 22.0. The lowest BCUT2D eigenvalue weighted by molar-refractivity contribution is -0.132. The Kier molecular flexibility index (Phi) is 15.2. The van der Waals surface area contributed by atoms with Gasteiger partial charge in [-0.1, -0.05) is 0 Å². The average Bonchev–Trinajstić information content (AvgIpc) is 4.35. The van der Waals surface area contributed by atoms with Crippen LogP contribution in [0.1, 0.15) is 70.4 Å². The minimum absolute atomic E-state index is 0.0793. The highest BCUT2D eigenvalue weighted by Gasteiger charge is 2.29. The number of amides is 2. The number of benzene rings is 6. The number of anilines is 2. The first-order valence-electron chi connectivity index (χ1n) is 24.3. The van der Waals surface area contributed by atoms with Crippen LogP contribution in [-0.4, -0.2) is 80.7 Å². The zero-order valence-electron chi connectivity index (χ0n) is 41.5. The van der Waals surface area contributed by atoms with Gasteiger partial charge in [-0.15, -0.1) is 0 Å². The molecule has 2 fully saturated rings. The number of carbonyl (C=O) groups is 2. The average molecular weight is 1070 g/mol. The van der Waals surface area contributed by atoms with Gasteiger partial charge in [0.25, 0.3) is 11.8 Å². The van der Waals surface area contributed by atoms with Crippen LogP contribution < -0.4 is 35.5 Å². The molecule has 0 spiro atoms. The minimum Gasteiger partial charge on any atom is -0.508 e. The SMILES string of the molecule is COc1ccc(Oc2cc(NCCC(F)(F)F)c3ncn(-c4ccc(C(=O)NC5CC5)c(C)c4)c3c2)c(F)c1.Cc1cc(-n2cnc3c(NCCC(F)(F)F)cc(Oc4ccc(O)cc4F)cc32)ccc1C(=O)NC1CC1. The van der Waals surface area contributed by atoms with Crippen LogP contribution in [-0.2, 0) is 0 Å². The van der Waals surface area contributed by atoms with Crippen molar-refractivity contribution in [3.63, 3.8) is 0 Å². The fourth-order valence-corrected chi connectivity index (χ4v) is 8.26. The van der Waals surface area contributed by atoms with Gasteiger partial charge in [0.05, 0.1) is 42.4 Å². The number of hydrogen-bond acceptors (Lipinski definition) is 10. The fourth-order valence-electron chi connectivity index (χ4n) is 8.26. The summed E-state index contributed by atoms with van der Waals surface area (Å²) in [6, 6.07) is 24.7. The third-order valence-electron chi connectivity index (χ3n) is 12.5. The number of carbonyl (C=O) groups excluding carboxylic acids is 2. The zero-order valence-corrected chi connectivity index (χ0v) is 41.5. The van der Waals surface area contributed by atoms with Crippen molar-refractivity contribution in [2.45, 2.75) is 76.8 Å². The number of nitrogens with zero attached hydrogens (tertiary/aromatic N) is 4. The van der Waals surface area contributed by atoms with Gasteiger partial charge < -0.3 is 40.6 Å². The molecule has 2 aliphatic carbocycles. The highest BCUT2D eigenvalue weighted by Crippen LogP contribution is 2.38. The third kappa shape index (κ3) is 13.3. The Morgan fingerprint density at radius 2 is 1.04 bits per heavy atom. The molecule has 0 unspecified atom stereocenters. The number of rotatable bonds is 17. The molecule has 77 heavy (non-hydrogen) atoms. The number of hydrogen-bond donors (Lipinski definition) is 5. The van der Waals surface area contributed by atoms with E-state index in [2.05, 4.69) is 31.2 Å². The van der Waals surface area contributed by atoms with E-state index in [9.17, 15) is 49.8 Å². The maximum absolute atomic E-state index is 14.6. The lowest BCUT2D eigenvalue weighted by atomic mass is 10.1. The van der Waals surface area contributed by atoms with Crippen molar-refractivity contribution in [3.8, 4) is 45.9 Å². The first-order valence-corrected chi connectivity index (χ1v) is 24.3. The molecule has 2 amide bonds. The number of aromatic hydroxyl groups is 1. The number of imidazole rings is 2. The van der Waals surface area contributed by atoms with E-state index in [1.54, 1.807) is 45.5 Å². The molecule has 2 saturated carbocycles. The predicted molar refractivity (Wildman–Crippen MR) is 272 cm³/mol. The Hall–Kier alpha value is -8.56. The summed E-state index contributed by atoms with van der Waals surface area (Å²) < 4.78 is 126. The quantitative estimate of drug-likeness (QED) is 0.0554. The summed E-state index contributed by atoms with van der Waals surface area (Å²) in [7, 11) is 1.41. The largest absolute Gasteiger partial charge is 0.508 e. The molecule has 6 aromatic carbocycles. The van der Waals surface area contributed by atoms with Crippen LogP contribution in [0.4, 0.5) is 46.5 Å². The molecule has 0 bridgehead atoms. The van der Waals surface area contributed by atoms with Gasteiger partial charge in [-0.05, 0) is 111 Å². The first-order chi connectivity index (χ1) is 36.7. The summed E-state index contributed by atoms with van der Waals surface area (Å²) in [5, 5.41) is 21.0. The van der Waals surface area contributed by atoms with Crippen LogP contribution in [0.5, 0.6) is 34.5 Å². The summed E-state index contributed by atoms with van der Waals surface area (Å²) >= 11 is 0. The molecule has 22 heteroatoms. The van der Waals surface area contributed by atoms with Crippen molar-refractivity contribution in [1.82, 2.24) is 29.7 Å². The molecule has 5 N–H and O–H groups in total. The van der Waals surface area contributed by atoms with E-state index in [-0.39, 0.29) is 64.9 Å². The number of halogens is 8. The fraction of sp³-hybridized carbons (Fsp3) is 0.273. The standard InChI is InChI=1S/C28H26F4N4O3.C27H24F4N4O3/c1-16-11-18(5-7-21(16)27(37)35-17-3-4-17)36-15-34-26-23(33-10-9-28(30,31)32)13-20(14-24(26)36)39-25-8-6-19(38-2)12-22(25)29;1-15-10-17(4-6-20(15)26(37)34-16-2-3-16)35-14-33-25-22(32-9-8-27(29,30)31)12-19(13-23(25)35)38-24-7-5-18(36)11-21(24)28/h5-8,11-15,17,33H,3-4,9-10H2,1-2H3,(H,35,37);4-7,10-14,16,32,36H,2-3,8-9H2,1H3,(H,34,37). The zero-order chi connectivity index (χ0) is 54.8. The van der Waals surface area contributed by atoms with Gasteiger partial charge in [-0.3, -0.25) is 18.7 Å². The third-order valence-corrected chi connectivity index (χ3v) is 12.5. The maximum atomic E-state index is 14.6. The van der Waals surface area contributed by atoms with Gasteiger partial charge >= 0.3 is 12.4 Å². The second-order valence-electron chi connectivity index (χ2n) is 18.6. The number of nitrogens with one attached hydrogen (secondary N) is 4. The monoisotopic (exact) mass is 1070 g/mol. The van der Waals surface area contributed by atoms with Gasteiger partial charge in [0.15, 0.2) is 23.1 Å². The van der Waals surface area contributed by atoms with Crippen molar-refractivity contribution in [1.29, 1.82) is 0 Å². The number of fused-ring (bicyclic) bond motifs is 2. The van der Waals surface area contributed by atoms with Crippen molar-refractivity contribution < 1.29 is 64.0 Å². The molecule has 8 aromatic rings. The number of methoxy groups -OCH3 is 1. The molecule has 14 nitrogen and oxygen atoms in total. The number of phenols is 1. The Morgan fingerprint density at radius 1 is 0.597 bits per heavy atom. The highest BCUT2D eigenvalue weighted by molar-refractivity contribution is 5.97. The van der Waals surface area contributed by atoms with Gasteiger partial charge in [-0.2, -0.15) is 26.3 Å². The van der Waals surface area contributed by atoms with E-state index in [1.165, 1.54) is 62.2 Å². The van der Waals surface area contributed by atoms with E-state index in [4.69, 9.17) is 14.2 Å². The van der Waals surface area contributed by atoms with Gasteiger partial charge in [0.2, 0.25) is 0 Å². The van der Waals surface area contributed by atoms with E-state index >= 15 is 0 Å². The number of aryl methyl sites for hydroxylation is 2. The number of ether oxygens (including phenoxy) is 3. The molecule has 0 radical (unpaired) electrons. The topological polar surface area (TPSA) is 166 Å². The van der Waals surface area contributed by atoms with Gasteiger partial charge in [0, 0.05) is 84.1 Å². The van der Waals surface area contributed by atoms with Crippen LogP contribution in [0.25, 0.3) is 33.4 Å². The van der Waals surface area contributed by atoms with Crippen molar-refractivity contribution in [2.75, 3.05) is 30.8 Å². The first kappa shape index (κ1) is 53.3. The van der Waals surface area contributed by atoms with E-state index < -0.39 is 43.4 Å². The van der Waals surface area contributed by atoms with E-state index in [0.717, 1.165) is 42.9 Å². The molecule has 402 valence electrons. The second-order valence-corrected chi connectivity index (χ2v) is 18.6. The Morgan fingerprint density at radius 3 is 1.43 bits per heavy atom. The number of aromatic nitrogens is 4. The Labute approximate surface area is 435 Å².